The van der Waals surface area contributed by atoms with E-state index in [1.807, 2.05) is 75.4 Å². The van der Waals surface area contributed by atoms with E-state index in [0.29, 0.717) is 39.0 Å². The third-order valence-electron chi connectivity index (χ3n) is 6.76. The van der Waals surface area contributed by atoms with Crippen molar-refractivity contribution < 1.29 is 24.2 Å². The summed E-state index contributed by atoms with van der Waals surface area (Å²) in [6, 6.07) is 22.6. The quantitative estimate of drug-likeness (QED) is 0.182. The van der Waals surface area contributed by atoms with E-state index < -0.39 is 29.5 Å². The molecule has 1 aliphatic rings. The van der Waals surface area contributed by atoms with Crippen molar-refractivity contribution in [2.24, 2.45) is 5.92 Å². The van der Waals surface area contributed by atoms with Gasteiger partial charge in [0, 0.05) is 11.3 Å². The number of thiazole rings is 1. The molecule has 1 amide bonds. The predicted octanol–water partition coefficient (Wildman–Crippen LogP) is 7.02. The van der Waals surface area contributed by atoms with Crippen molar-refractivity contribution in [2.75, 3.05) is 11.5 Å². The van der Waals surface area contributed by atoms with Crippen LogP contribution in [0, 0.1) is 19.8 Å². The molecule has 1 aliphatic heterocycles. The number of aryl methyl sites for hydroxylation is 2. The number of aromatic nitrogens is 1. The van der Waals surface area contributed by atoms with Crippen molar-refractivity contribution >= 4 is 34.7 Å². The zero-order valence-electron chi connectivity index (χ0n) is 23.3. The van der Waals surface area contributed by atoms with E-state index in [-0.39, 0.29) is 11.5 Å². The molecule has 4 aromatic rings. The Kier molecular flexibility index (Phi) is 7.85. The van der Waals surface area contributed by atoms with Crippen molar-refractivity contribution in [1.82, 2.24) is 4.98 Å². The first-order valence-electron chi connectivity index (χ1n) is 13.3. The SMILES string of the molecule is Cc1cccc(C2C(C(=O)c3sc(-c4ccccc4)nc3C)=C(O)C(=O)N2c2ccc(C(=O)OCC(C)C)cc2)c1. The summed E-state index contributed by atoms with van der Waals surface area (Å²) in [5.41, 5.74) is 3.79. The normalized spacial score (nSPS) is 15.1. The highest BCUT2D eigenvalue weighted by molar-refractivity contribution is 7.17. The highest BCUT2D eigenvalue weighted by Crippen LogP contribution is 2.43. The Morgan fingerprint density at radius 2 is 1.71 bits per heavy atom. The number of ketones is 1. The Hall–Kier alpha value is -4.56. The molecule has 0 aliphatic carbocycles. The second-order valence-corrected chi connectivity index (χ2v) is 11.4. The van der Waals surface area contributed by atoms with Crippen LogP contribution >= 0.6 is 11.3 Å². The fourth-order valence-corrected chi connectivity index (χ4v) is 5.80. The fourth-order valence-electron chi connectivity index (χ4n) is 4.78. The van der Waals surface area contributed by atoms with Crippen molar-refractivity contribution in [2.45, 2.75) is 33.7 Å². The minimum absolute atomic E-state index is 0.00705. The molecule has 0 saturated heterocycles. The highest BCUT2D eigenvalue weighted by Gasteiger charge is 2.45. The number of aliphatic hydroxyl groups excluding tert-OH is 1. The number of benzene rings is 3. The van der Waals surface area contributed by atoms with Gasteiger partial charge in [-0.25, -0.2) is 9.78 Å². The van der Waals surface area contributed by atoms with Crippen LogP contribution in [0.5, 0.6) is 0 Å². The lowest BCUT2D eigenvalue weighted by Crippen LogP contribution is -2.31. The second kappa shape index (κ2) is 11.5. The van der Waals surface area contributed by atoms with E-state index in [1.165, 1.54) is 16.2 Å². The molecule has 3 aromatic carbocycles. The van der Waals surface area contributed by atoms with Crippen molar-refractivity contribution in [1.29, 1.82) is 0 Å². The van der Waals surface area contributed by atoms with Crippen LogP contribution in [0.3, 0.4) is 0 Å². The molecule has 1 atom stereocenters. The van der Waals surface area contributed by atoms with Gasteiger partial charge in [0.2, 0.25) is 5.78 Å². The largest absolute Gasteiger partial charge is 0.503 e. The van der Waals surface area contributed by atoms with Crippen LogP contribution in [0.4, 0.5) is 5.69 Å². The molecule has 0 radical (unpaired) electrons. The number of esters is 1. The van der Waals surface area contributed by atoms with Gasteiger partial charge >= 0.3 is 5.97 Å². The number of nitrogens with zero attached hydrogens (tertiary/aromatic N) is 2. The van der Waals surface area contributed by atoms with Gasteiger partial charge < -0.3 is 9.84 Å². The highest BCUT2D eigenvalue weighted by atomic mass is 32.1. The maximum absolute atomic E-state index is 14.1. The standard InChI is InChI=1S/C33H30N2O5S/c1-19(2)18-40-33(39)23-13-15-25(16-14-23)35-27(24-12-8-9-20(3)17-24)26(29(37)32(35)38)28(36)30-21(4)34-31(41-30)22-10-6-5-7-11-22/h5-17,19,27,37H,18H2,1-4H3. The summed E-state index contributed by atoms with van der Waals surface area (Å²) in [5.74, 6) is -2.00. The van der Waals surface area contributed by atoms with Gasteiger partial charge in [-0.3, -0.25) is 14.5 Å². The van der Waals surface area contributed by atoms with Gasteiger partial charge in [0.25, 0.3) is 5.91 Å². The topological polar surface area (TPSA) is 96.8 Å². The van der Waals surface area contributed by atoms with Crippen LogP contribution < -0.4 is 4.90 Å². The number of carbonyl (C=O) groups is 3. The van der Waals surface area contributed by atoms with Crippen LogP contribution in [-0.2, 0) is 9.53 Å². The van der Waals surface area contributed by atoms with E-state index in [1.54, 1.807) is 31.2 Å². The smallest absolute Gasteiger partial charge is 0.338 e. The van der Waals surface area contributed by atoms with Crippen LogP contribution in [0.2, 0.25) is 0 Å². The first-order valence-corrected chi connectivity index (χ1v) is 14.1. The minimum Gasteiger partial charge on any atom is -0.503 e. The number of aliphatic hydroxyl groups is 1. The number of ether oxygens (including phenoxy) is 1. The molecule has 8 heteroatoms. The van der Waals surface area contributed by atoms with Crippen LogP contribution in [0.15, 0.2) is 90.2 Å². The van der Waals surface area contributed by atoms with E-state index in [0.717, 1.165) is 11.1 Å². The van der Waals surface area contributed by atoms with E-state index >= 15 is 0 Å². The second-order valence-electron chi connectivity index (χ2n) is 10.4. The summed E-state index contributed by atoms with van der Waals surface area (Å²) in [5, 5.41) is 11.9. The molecule has 1 aromatic heterocycles. The minimum atomic E-state index is -0.879. The summed E-state index contributed by atoms with van der Waals surface area (Å²) >= 11 is 1.23. The molecule has 1 N–H and O–H groups in total. The molecule has 7 nitrogen and oxygen atoms in total. The van der Waals surface area contributed by atoms with Gasteiger partial charge in [0.15, 0.2) is 5.76 Å². The third-order valence-corrected chi connectivity index (χ3v) is 7.97. The number of carbonyl (C=O) groups excluding carboxylic acids is 3. The molecule has 0 bridgehead atoms. The summed E-state index contributed by atoms with van der Waals surface area (Å²) in [6.45, 7) is 7.88. The number of Topliss-reactive ketones (excluding diaryl/α,β-unsaturated/α-hetero) is 1. The monoisotopic (exact) mass is 566 g/mol. The maximum atomic E-state index is 14.1. The Balaban J connectivity index is 1.55. The molecule has 2 heterocycles. The number of hydrogen-bond acceptors (Lipinski definition) is 7. The van der Waals surface area contributed by atoms with Crippen LogP contribution in [-0.4, -0.2) is 34.4 Å². The maximum Gasteiger partial charge on any atom is 0.338 e. The Morgan fingerprint density at radius 1 is 1.00 bits per heavy atom. The molecular formula is C33H30N2O5S. The van der Waals surface area contributed by atoms with Crippen molar-refractivity contribution in [3.8, 4) is 10.6 Å². The molecule has 1 unspecified atom stereocenters. The summed E-state index contributed by atoms with van der Waals surface area (Å²) in [4.78, 5) is 46.5. The van der Waals surface area contributed by atoms with Crippen LogP contribution in [0.1, 0.15) is 56.7 Å². The average molecular weight is 567 g/mol. The summed E-state index contributed by atoms with van der Waals surface area (Å²) in [6.07, 6.45) is 0. The van der Waals surface area contributed by atoms with E-state index in [9.17, 15) is 19.5 Å². The number of anilines is 1. The molecular weight excluding hydrogens is 536 g/mol. The average Bonchev–Trinajstić information content (AvgIpc) is 3.49. The zero-order chi connectivity index (χ0) is 29.3. The fraction of sp³-hybridized carbons (Fsp3) is 0.212. The van der Waals surface area contributed by atoms with Gasteiger partial charge in [0.1, 0.15) is 5.01 Å². The van der Waals surface area contributed by atoms with Gasteiger partial charge in [-0.15, -0.1) is 11.3 Å². The predicted molar refractivity (Wildman–Crippen MR) is 159 cm³/mol. The third kappa shape index (κ3) is 5.56. The Morgan fingerprint density at radius 3 is 2.37 bits per heavy atom. The number of rotatable bonds is 8. The zero-order valence-corrected chi connectivity index (χ0v) is 24.1. The molecule has 0 saturated carbocycles. The summed E-state index contributed by atoms with van der Waals surface area (Å²) < 4.78 is 5.32. The molecule has 41 heavy (non-hydrogen) atoms. The number of hydrogen-bond donors (Lipinski definition) is 1. The molecule has 5 rings (SSSR count). The first kappa shape index (κ1) is 28.0. The van der Waals surface area contributed by atoms with E-state index in [2.05, 4.69) is 4.98 Å². The van der Waals surface area contributed by atoms with Crippen molar-refractivity contribution in [3.05, 3.63) is 117 Å². The lowest BCUT2D eigenvalue weighted by atomic mass is 9.94. The lowest BCUT2D eigenvalue weighted by molar-refractivity contribution is -0.117. The number of amides is 1. The Labute approximate surface area is 242 Å². The molecule has 0 fully saturated rings. The van der Waals surface area contributed by atoms with Gasteiger partial charge in [-0.2, -0.15) is 0 Å². The molecule has 208 valence electrons. The molecule has 0 spiro atoms. The van der Waals surface area contributed by atoms with Gasteiger partial charge in [-0.1, -0.05) is 74.0 Å². The van der Waals surface area contributed by atoms with Crippen molar-refractivity contribution in [3.63, 3.8) is 0 Å². The summed E-state index contributed by atoms with van der Waals surface area (Å²) in [7, 11) is 0. The van der Waals surface area contributed by atoms with Crippen LogP contribution in [0.25, 0.3) is 10.6 Å². The Bertz CT molecular complexity index is 1650. The van der Waals surface area contributed by atoms with Gasteiger partial charge in [-0.05, 0) is 49.6 Å². The first-order chi connectivity index (χ1) is 19.7. The van der Waals surface area contributed by atoms with E-state index in [4.69, 9.17) is 4.74 Å². The van der Waals surface area contributed by atoms with Gasteiger partial charge in [0.05, 0.1) is 34.4 Å². The lowest BCUT2D eigenvalue weighted by Gasteiger charge is -2.27.